The van der Waals surface area contributed by atoms with E-state index in [1.54, 1.807) is 0 Å². The van der Waals surface area contributed by atoms with E-state index in [0.29, 0.717) is 32.0 Å². The van der Waals surface area contributed by atoms with Gasteiger partial charge < -0.3 is 24.2 Å². The fraction of sp³-hybridized carbons (Fsp3) is 0.950. The number of likely N-dealkylation sites (N-methyl/N-ethyl adjacent to an activating group) is 1. The Balaban J connectivity index is 4.26. The maximum absolute atomic E-state index is 12.6. The van der Waals surface area contributed by atoms with Crippen LogP contribution in [-0.4, -0.2) is 92.2 Å². The Morgan fingerprint density at radius 2 is 1.08 bits per heavy atom. The molecule has 0 aromatic heterocycles. The Hall–Kier alpha value is -1.38. The van der Waals surface area contributed by atoms with E-state index in [9.17, 15) is 14.7 Å². The first-order valence-corrected chi connectivity index (χ1v) is 20.5. The number of aliphatic hydroxyl groups is 1. The average molecular weight is 685 g/mol. The van der Waals surface area contributed by atoms with E-state index in [4.69, 9.17) is 14.2 Å². The number of esters is 1. The Morgan fingerprint density at radius 3 is 1.67 bits per heavy atom. The summed E-state index contributed by atoms with van der Waals surface area (Å²) < 4.78 is 16.9. The summed E-state index contributed by atoms with van der Waals surface area (Å²) in [5.41, 5.74) is 0. The number of carbonyl (C=O) groups is 2. The van der Waals surface area contributed by atoms with Crippen LogP contribution in [0.15, 0.2) is 0 Å². The minimum Gasteiger partial charge on any atom is -0.465 e. The van der Waals surface area contributed by atoms with E-state index in [2.05, 4.69) is 44.4 Å². The van der Waals surface area contributed by atoms with Crippen molar-refractivity contribution < 1.29 is 28.9 Å². The molecule has 0 aromatic carbocycles. The molecule has 0 radical (unpaired) electrons. The summed E-state index contributed by atoms with van der Waals surface area (Å²) in [5.74, 6) is 0.505. The van der Waals surface area contributed by atoms with Crippen LogP contribution in [0.1, 0.15) is 176 Å². The van der Waals surface area contributed by atoms with Gasteiger partial charge in [0.25, 0.3) is 0 Å². The molecule has 1 N–H and O–H groups in total. The summed E-state index contributed by atoms with van der Waals surface area (Å²) >= 11 is 0. The SMILES string of the molecule is CCCCCCC(CCCC)COC(=O)CCCCCCCCCC(CCCCCC)OC(=O)OCCN(CCO)CCN(CC)CC. The highest BCUT2D eigenvalue weighted by Gasteiger charge is 2.17. The van der Waals surface area contributed by atoms with E-state index in [-0.39, 0.29) is 25.3 Å². The van der Waals surface area contributed by atoms with Gasteiger partial charge in [-0.1, -0.05) is 125 Å². The average Bonchev–Trinajstić information content (AvgIpc) is 3.08. The first-order valence-electron chi connectivity index (χ1n) is 20.5. The number of nitrogens with zero attached hydrogens (tertiary/aromatic N) is 2. The molecule has 0 saturated carbocycles. The predicted molar refractivity (Wildman–Crippen MR) is 201 cm³/mol. The van der Waals surface area contributed by atoms with Crippen LogP contribution in [0, 0.1) is 5.92 Å². The summed E-state index contributed by atoms with van der Waals surface area (Å²) in [5, 5.41) is 9.44. The predicted octanol–water partition coefficient (Wildman–Crippen LogP) is 9.95. The highest BCUT2D eigenvalue weighted by atomic mass is 16.7. The van der Waals surface area contributed by atoms with Crippen LogP contribution in [0.5, 0.6) is 0 Å². The lowest BCUT2D eigenvalue weighted by molar-refractivity contribution is -0.145. The quantitative estimate of drug-likeness (QED) is 0.0515. The summed E-state index contributed by atoms with van der Waals surface area (Å²) in [7, 11) is 0. The fourth-order valence-corrected chi connectivity index (χ4v) is 6.26. The normalized spacial score (nSPS) is 12.8. The molecule has 0 aliphatic carbocycles. The van der Waals surface area contributed by atoms with Crippen LogP contribution in [-0.2, 0) is 19.0 Å². The number of ether oxygens (including phenoxy) is 3. The number of hydrogen-bond acceptors (Lipinski definition) is 8. The number of rotatable bonds is 36. The van der Waals surface area contributed by atoms with Gasteiger partial charge in [-0.2, -0.15) is 0 Å². The van der Waals surface area contributed by atoms with Gasteiger partial charge in [0.05, 0.1) is 13.2 Å². The number of carbonyl (C=O) groups excluding carboxylic acids is 2. The zero-order valence-electron chi connectivity index (χ0n) is 32.5. The van der Waals surface area contributed by atoms with Gasteiger partial charge in [0.15, 0.2) is 0 Å². The molecular formula is C40H80N2O6. The second-order valence-corrected chi connectivity index (χ2v) is 13.8. The van der Waals surface area contributed by atoms with Crippen molar-refractivity contribution in [1.29, 1.82) is 0 Å². The van der Waals surface area contributed by atoms with Crippen molar-refractivity contribution >= 4 is 12.1 Å². The highest BCUT2D eigenvalue weighted by Crippen LogP contribution is 2.19. The molecule has 0 amide bonds. The van der Waals surface area contributed by atoms with E-state index in [1.807, 2.05) is 0 Å². The summed E-state index contributed by atoms with van der Waals surface area (Å²) in [6.45, 7) is 16.9. The van der Waals surface area contributed by atoms with Crippen molar-refractivity contribution in [2.75, 3.05) is 59.1 Å². The largest absolute Gasteiger partial charge is 0.508 e. The number of hydrogen-bond donors (Lipinski definition) is 1. The Morgan fingerprint density at radius 1 is 0.562 bits per heavy atom. The molecule has 2 atom stereocenters. The molecule has 48 heavy (non-hydrogen) atoms. The molecule has 0 bridgehead atoms. The first kappa shape index (κ1) is 46.6. The molecule has 8 nitrogen and oxygen atoms in total. The monoisotopic (exact) mass is 685 g/mol. The minimum absolute atomic E-state index is 0.0219. The molecule has 0 aromatic rings. The Bertz CT molecular complexity index is 705. The van der Waals surface area contributed by atoms with Gasteiger partial charge in [0.2, 0.25) is 0 Å². The van der Waals surface area contributed by atoms with Crippen molar-refractivity contribution in [2.45, 2.75) is 182 Å². The smallest absolute Gasteiger partial charge is 0.465 e. The lowest BCUT2D eigenvalue weighted by Gasteiger charge is -2.25. The van der Waals surface area contributed by atoms with Crippen molar-refractivity contribution in [2.24, 2.45) is 5.92 Å². The molecule has 0 saturated heterocycles. The standard InChI is InChI=1S/C40H80N2O6/c1-6-11-14-21-26-37(25-13-8-3)36-47-39(44)29-24-20-18-16-17-19-23-28-38(27-22-15-12-7-2)48-40(45)46-35-33-42(32-34-43)31-30-41(9-4)10-5/h37-38,43H,6-36H2,1-5H3. The molecule has 2 unspecified atom stereocenters. The number of unbranched alkanes of at least 4 members (excludes halogenated alkanes) is 13. The Kier molecular flexibility index (Phi) is 34.4. The molecule has 0 aliphatic rings. The summed E-state index contributed by atoms with van der Waals surface area (Å²) in [6.07, 6.45) is 23.8. The van der Waals surface area contributed by atoms with Crippen LogP contribution >= 0.6 is 0 Å². The lowest BCUT2D eigenvalue weighted by atomic mass is 9.96. The maximum Gasteiger partial charge on any atom is 0.508 e. The first-order chi connectivity index (χ1) is 23.4. The van der Waals surface area contributed by atoms with Crippen LogP contribution in [0.25, 0.3) is 0 Å². The van der Waals surface area contributed by atoms with Crippen LogP contribution < -0.4 is 0 Å². The number of aliphatic hydroxyl groups excluding tert-OH is 1. The zero-order chi connectivity index (χ0) is 35.5. The van der Waals surface area contributed by atoms with Gasteiger partial charge in [0.1, 0.15) is 12.7 Å². The maximum atomic E-state index is 12.6. The topological polar surface area (TPSA) is 88.5 Å². The van der Waals surface area contributed by atoms with Crippen molar-refractivity contribution in [3.63, 3.8) is 0 Å². The van der Waals surface area contributed by atoms with E-state index in [0.717, 1.165) is 77.5 Å². The highest BCUT2D eigenvalue weighted by molar-refractivity contribution is 5.69. The third-order valence-corrected chi connectivity index (χ3v) is 9.63. The van der Waals surface area contributed by atoms with Crippen molar-refractivity contribution in [3.8, 4) is 0 Å². The van der Waals surface area contributed by atoms with Gasteiger partial charge in [-0.05, 0) is 64.0 Å². The van der Waals surface area contributed by atoms with E-state index in [1.165, 1.54) is 83.5 Å². The molecule has 0 rings (SSSR count). The van der Waals surface area contributed by atoms with Crippen LogP contribution in [0.2, 0.25) is 0 Å². The van der Waals surface area contributed by atoms with E-state index >= 15 is 0 Å². The molecule has 8 heteroatoms. The fourth-order valence-electron chi connectivity index (χ4n) is 6.26. The molecule has 286 valence electrons. The molecule has 0 aliphatic heterocycles. The third kappa shape index (κ3) is 29.5. The van der Waals surface area contributed by atoms with Crippen molar-refractivity contribution in [3.05, 3.63) is 0 Å². The van der Waals surface area contributed by atoms with Crippen LogP contribution in [0.4, 0.5) is 4.79 Å². The zero-order valence-corrected chi connectivity index (χ0v) is 32.5. The third-order valence-electron chi connectivity index (χ3n) is 9.63. The molecule has 0 heterocycles. The molecule has 0 spiro atoms. The van der Waals surface area contributed by atoms with Crippen molar-refractivity contribution in [1.82, 2.24) is 9.80 Å². The lowest BCUT2D eigenvalue weighted by Crippen LogP contribution is -2.38. The summed E-state index contributed by atoms with van der Waals surface area (Å²) in [6, 6.07) is 0. The van der Waals surface area contributed by atoms with Gasteiger partial charge in [-0.25, -0.2) is 4.79 Å². The van der Waals surface area contributed by atoms with Gasteiger partial charge in [0, 0.05) is 32.6 Å². The Labute approximate surface area is 297 Å². The molecular weight excluding hydrogens is 604 g/mol. The molecule has 0 fully saturated rings. The van der Waals surface area contributed by atoms with Gasteiger partial charge in [-0.3, -0.25) is 9.69 Å². The second-order valence-electron chi connectivity index (χ2n) is 13.8. The second kappa shape index (κ2) is 35.4. The van der Waals surface area contributed by atoms with Gasteiger partial charge >= 0.3 is 12.1 Å². The van der Waals surface area contributed by atoms with Crippen LogP contribution in [0.3, 0.4) is 0 Å². The van der Waals surface area contributed by atoms with E-state index < -0.39 is 6.16 Å². The minimum atomic E-state index is -0.565. The van der Waals surface area contributed by atoms with Gasteiger partial charge in [-0.15, -0.1) is 0 Å². The summed E-state index contributed by atoms with van der Waals surface area (Å²) in [4.78, 5) is 29.4.